The lowest BCUT2D eigenvalue weighted by molar-refractivity contribution is 0.170. The molecule has 0 radical (unpaired) electrons. The molecule has 4 heterocycles. The maximum atomic E-state index is 6.63. The summed E-state index contributed by atoms with van der Waals surface area (Å²) in [6, 6.07) is 6.20. The van der Waals surface area contributed by atoms with E-state index in [1.54, 1.807) is 0 Å². The molecular formula is C25H33ClN8O. The smallest absolute Gasteiger partial charge is 0.225 e. The fourth-order valence-electron chi connectivity index (χ4n) is 4.85. The Hall–Kier alpha value is -2.78. The molecule has 1 aromatic carbocycles. The molecule has 3 aromatic rings. The average Bonchev–Trinajstić information content (AvgIpc) is 3.33. The zero-order chi connectivity index (χ0) is 24.2. The van der Waals surface area contributed by atoms with Gasteiger partial charge < -0.3 is 9.64 Å². The second kappa shape index (κ2) is 10.9. The van der Waals surface area contributed by atoms with Gasteiger partial charge in [0.1, 0.15) is 11.9 Å². The minimum Gasteiger partial charge on any atom is -0.489 e. The number of piperidine rings is 2. The summed E-state index contributed by atoms with van der Waals surface area (Å²) < 4.78 is 6.28. The lowest BCUT2D eigenvalue weighted by Crippen LogP contribution is -2.39. The van der Waals surface area contributed by atoms with Crippen molar-refractivity contribution >= 4 is 17.5 Å². The van der Waals surface area contributed by atoms with Gasteiger partial charge in [0, 0.05) is 50.8 Å². The number of hydrogen-bond donors (Lipinski definition) is 0. The number of benzene rings is 1. The van der Waals surface area contributed by atoms with Crippen LogP contribution in [0, 0.1) is 0 Å². The van der Waals surface area contributed by atoms with Crippen LogP contribution < -0.4 is 9.64 Å². The van der Waals surface area contributed by atoms with Gasteiger partial charge in [0.15, 0.2) is 5.82 Å². The average molecular weight is 497 g/mol. The van der Waals surface area contributed by atoms with Gasteiger partial charge in [-0.2, -0.15) is 4.80 Å². The number of nitrogens with zero attached hydrogens (tertiary/aromatic N) is 8. The van der Waals surface area contributed by atoms with E-state index in [0.717, 1.165) is 87.9 Å². The Labute approximate surface area is 211 Å². The Bertz CT molecular complexity index is 1100. The first-order valence-corrected chi connectivity index (χ1v) is 12.9. The number of ether oxygens (including phenoxy) is 1. The zero-order valence-electron chi connectivity index (χ0n) is 20.5. The zero-order valence-corrected chi connectivity index (χ0v) is 21.2. The highest BCUT2D eigenvalue weighted by Gasteiger charge is 2.25. The van der Waals surface area contributed by atoms with E-state index in [4.69, 9.17) is 16.3 Å². The van der Waals surface area contributed by atoms with Crippen LogP contribution in [0.5, 0.6) is 5.75 Å². The van der Waals surface area contributed by atoms with E-state index in [1.807, 2.05) is 31.6 Å². The molecule has 2 fully saturated rings. The van der Waals surface area contributed by atoms with E-state index in [2.05, 4.69) is 48.2 Å². The molecule has 2 aromatic heterocycles. The maximum Gasteiger partial charge on any atom is 0.225 e. The third kappa shape index (κ3) is 5.90. The molecule has 10 heteroatoms. The van der Waals surface area contributed by atoms with Crippen LogP contribution in [-0.2, 0) is 20.0 Å². The minimum atomic E-state index is 0.151. The van der Waals surface area contributed by atoms with Gasteiger partial charge in [0.2, 0.25) is 5.95 Å². The maximum absolute atomic E-state index is 6.63. The van der Waals surface area contributed by atoms with Crippen LogP contribution in [0.3, 0.4) is 0 Å². The molecule has 0 N–H and O–H groups in total. The molecule has 2 saturated heterocycles. The van der Waals surface area contributed by atoms with Crippen LogP contribution in [-0.4, -0.2) is 67.4 Å². The van der Waals surface area contributed by atoms with Crippen LogP contribution in [0.15, 0.2) is 30.6 Å². The highest BCUT2D eigenvalue weighted by molar-refractivity contribution is 6.32. The number of rotatable bonds is 7. The van der Waals surface area contributed by atoms with E-state index in [9.17, 15) is 0 Å². The highest BCUT2D eigenvalue weighted by Crippen LogP contribution is 2.31. The van der Waals surface area contributed by atoms with Gasteiger partial charge in [-0.15, -0.1) is 10.2 Å². The molecule has 0 atom stereocenters. The normalized spacial score (nSPS) is 18.2. The van der Waals surface area contributed by atoms with Gasteiger partial charge in [0.05, 0.1) is 12.1 Å². The van der Waals surface area contributed by atoms with Crippen molar-refractivity contribution in [3.8, 4) is 5.75 Å². The van der Waals surface area contributed by atoms with Crippen molar-refractivity contribution in [3.05, 3.63) is 52.6 Å². The van der Waals surface area contributed by atoms with E-state index in [0.29, 0.717) is 10.9 Å². The summed E-state index contributed by atoms with van der Waals surface area (Å²) in [5.74, 6) is 2.84. The van der Waals surface area contributed by atoms with Gasteiger partial charge in [-0.3, -0.25) is 4.90 Å². The summed E-state index contributed by atoms with van der Waals surface area (Å²) in [5, 5.41) is 13.2. The molecule has 9 nitrogen and oxygen atoms in total. The lowest BCUT2D eigenvalue weighted by atomic mass is 9.96. The number of tetrazole rings is 1. The van der Waals surface area contributed by atoms with Gasteiger partial charge in [0.25, 0.3) is 0 Å². The van der Waals surface area contributed by atoms with Crippen molar-refractivity contribution < 1.29 is 4.74 Å². The number of hydrogen-bond acceptors (Lipinski definition) is 8. The fourth-order valence-corrected chi connectivity index (χ4v) is 5.10. The fraction of sp³-hybridized carbons (Fsp3) is 0.560. The highest BCUT2D eigenvalue weighted by atomic mass is 35.5. The minimum absolute atomic E-state index is 0.151. The standard InChI is InChI=1S/C25H33ClN8O/c1-3-18-15-27-25(28-16-18)34-12-8-21(9-13-34)35-23-5-4-19(14-22(23)26)17-33-10-6-20(7-11-33)24-29-31-32(2)30-24/h4-5,14-16,20-21H,3,6-13,17H2,1-2H3. The number of aromatic nitrogens is 6. The van der Waals surface area contributed by atoms with Gasteiger partial charge >= 0.3 is 0 Å². The van der Waals surface area contributed by atoms with Crippen molar-refractivity contribution in [3.63, 3.8) is 0 Å². The predicted molar refractivity (Wildman–Crippen MR) is 135 cm³/mol. The first-order chi connectivity index (χ1) is 17.1. The molecule has 2 aliphatic heterocycles. The second-order valence-electron chi connectivity index (χ2n) is 9.50. The quantitative estimate of drug-likeness (QED) is 0.490. The van der Waals surface area contributed by atoms with Gasteiger partial charge in [-0.1, -0.05) is 24.6 Å². The molecule has 0 spiro atoms. The summed E-state index contributed by atoms with van der Waals surface area (Å²) >= 11 is 6.63. The SMILES string of the molecule is CCc1cnc(N2CCC(Oc3ccc(CN4CCC(c5nnn(C)n5)CC4)cc3Cl)CC2)nc1. The van der Waals surface area contributed by atoms with Crippen LogP contribution in [0.25, 0.3) is 0 Å². The number of halogens is 1. The first kappa shape index (κ1) is 23.9. The largest absolute Gasteiger partial charge is 0.489 e. The van der Waals surface area contributed by atoms with Crippen LogP contribution in [0.1, 0.15) is 55.5 Å². The third-order valence-electron chi connectivity index (χ3n) is 7.00. The van der Waals surface area contributed by atoms with E-state index in [1.165, 1.54) is 10.4 Å². The van der Waals surface area contributed by atoms with Crippen LogP contribution in [0.4, 0.5) is 5.95 Å². The summed E-state index contributed by atoms with van der Waals surface area (Å²) in [4.78, 5) is 15.3. The molecule has 0 saturated carbocycles. The van der Waals surface area contributed by atoms with Crippen molar-refractivity contribution in [2.24, 2.45) is 7.05 Å². The Morgan fingerprint density at radius 2 is 1.74 bits per heavy atom. The van der Waals surface area contributed by atoms with Crippen molar-refractivity contribution in [2.45, 2.75) is 57.6 Å². The summed E-state index contributed by atoms with van der Waals surface area (Å²) in [7, 11) is 1.81. The van der Waals surface area contributed by atoms with Crippen molar-refractivity contribution in [2.75, 3.05) is 31.1 Å². The van der Waals surface area contributed by atoms with Gasteiger partial charge in [-0.25, -0.2) is 9.97 Å². The molecule has 0 unspecified atom stereocenters. The Morgan fingerprint density at radius 1 is 1.00 bits per heavy atom. The molecule has 5 rings (SSSR count). The lowest BCUT2D eigenvalue weighted by Gasteiger charge is -2.32. The van der Waals surface area contributed by atoms with E-state index in [-0.39, 0.29) is 6.10 Å². The Morgan fingerprint density at radius 3 is 2.37 bits per heavy atom. The summed E-state index contributed by atoms with van der Waals surface area (Å²) in [6.45, 7) is 6.79. The Kier molecular flexibility index (Phi) is 7.43. The van der Waals surface area contributed by atoms with Gasteiger partial charge in [-0.05, 0) is 60.8 Å². The van der Waals surface area contributed by atoms with Crippen molar-refractivity contribution in [1.29, 1.82) is 0 Å². The molecule has 35 heavy (non-hydrogen) atoms. The second-order valence-corrected chi connectivity index (χ2v) is 9.91. The summed E-state index contributed by atoms with van der Waals surface area (Å²) in [5.41, 5.74) is 2.37. The first-order valence-electron chi connectivity index (χ1n) is 12.5. The number of aryl methyl sites for hydroxylation is 2. The summed E-state index contributed by atoms with van der Waals surface area (Å²) in [6.07, 6.45) is 8.89. The number of likely N-dealkylation sites (tertiary alicyclic amines) is 1. The molecule has 186 valence electrons. The molecule has 0 amide bonds. The molecule has 0 bridgehead atoms. The van der Waals surface area contributed by atoms with E-state index >= 15 is 0 Å². The number of anilines is 1. The predicted octanol–water partition coefficient (Wildman–Crippen LogP) is 3.64. The molecular weight excluding hydrogens is 464 g/mol. The van der Waals surface area contributed by atoms with Crippen molar-refractivity contribution in [1.82, 2.24) is 35.1 Å². The molecule has 0 aliphatic carbocycles. The Balaban J connectivity index is 1.09. The third-order valence-corrected chi connectivity index (χ3v) is 7.29. The van der Waals surface area contributed by atoms with E-state index < -0.39 is 0 Å². The topological polar surface area (TPSA) is 85.1 Å². The van der Waals surface area contributed by atoms with Crippen LogP contribution >= 0.6 is 11.6 Å². The monoisotopic (exact) mass is 496 g/mol. The molecule has 2 aliphatic rings. The van der Waals surface area contributed by atoms with Crippen LogP contribution in [0.2, 0.25) is 5.02 Å².